The Balaban J connectivity index is 1.67. The molecule has 1 atom stereocenters. The number of rotatable bonds is 5. The fourth-order valence-electron chi connectivity index (χ4n) is 2.44. The molecule has 0 saturated carbocycles. The molecule has 3 rings (SSSR count). The molecule has 7 nitrogen and oxygen atoms in total. The molecule has 0 aliphatic carbocycles. The highest BCUT2D eigenvalue weighted by Crippen LogP contribution is 2.23. The zero-order valence-electron chi connectivity index (χ0n) is 14.5. The lowest BCUT2D eigenvalue weighted by atomic mass is 10.2. The number of esters is 1. The summed E-state index contributed by atoms with van der Waals surface area (Å²) in [6.45, 7) is 5.38. The number of anilines is 1. The molecule has 0 radical (unpaired) electrons. The van der Waals surface area contributed by atoms with Crippen molar-refractivity contribution in [2.75, 3.05) is 5.32 Å². The van der Waals surface area contributed by atoms with E-state index in [-0.39, 0.29) is 11.8 Å². The summed E-state index contributed by atoms with van der Waals surface area (Å²) in [6, 6.07) is 8.30. The second kappa shape index (κ2) is 7.21. The van der Waals surface area contributed by atoms with Crippen LogP contribution in [-0.2, 0) is 9.53 Å². The van der Waals surface area contributed by atoms with Gasteiger partial charge in [-0.1, -0.05) is 11.6 Å². The van der Waals surface area contributed by atoms with E-state index in [1.54, 1.807) is 35.1 Å². The molecule has 3 aromatic rings. The molecule has 0 spiro atoms. The molecule has 136 valence electrons. The first kappa shape index (κ1) is 18.0. The highest BCUT2D eigenvalue weighted by Gasteiger charge is 2.22. The predicted molar refractivity (Wildman–Crippen MR) is 97.3 cm³/mol. The van der Waals surface area contributed by atoms with Crippen LogP contribution < -0.4 is 5.32 Å². The summed E-state index contributed by atoms with van der Waals surface area (Å²) in [7, 11) is 0. The van der Waals surface area contributed by atoms with E-state index in [1.807, 2.05) is 13.8 Å². The topological polar surface area (TPSA) is 86.4 Å². The molecule has 0 bridgehead atoms. The summed E-state index contributed by atoms with van der Waals surface area (Å²) in [5, 5.41) is 8.05. The Kier molecular flexibility index (Phi) is 4.99. The van der Waals surface area contributed by atoms with Gasteiger partial charge in [0.25, 0.3) is 5.91 Å². The molecule has 1 N–H and O–H groups in total. The lowest BCUT2D eigenvalue weighted by Gasteiger charge is -2.15. The number of furan rings is 1. The summed E-state index contributed by atoms with van der Waals surface area (Å²) in [5.74, 6) is -0.641. The van der Waals surface area contributed by atoms with Crippen LogP contribution >= 0.6 is 11.6 Å². The SMILES string of the molecule is CC(C)n1nccc1NC(=O)[C@@H](C)OC(=O)c1cc2cc(Cl)ccc2o1. The summed E-state index contributed by atoms with van der Waals surface area (Å²) in [6.07, 6.45) is 0.584. The van der Waals surface area contributed by atoms with Crippen molar-refractivity contribution >= 4 is 40.3 Å². The Hall–Kier alpha value is -2.80. The van der Waals surface area contributed by atoms with Gasteiger partial charge in [0, 0.05) is 22.5 Å². The van der Waals surface area contributed by atoms with Crippen LogP contribution in [0.5, 0.6) is 0 Å². The monoisotopic (exact) mass is 375 g/mol. The van der Waals surface area contributed by atoms with Crippen molar-refractivity contribution in [2.45, 2.75) is 32.9 Å². The van der Waals surface area contributed by atoms with Gasteiger partial charge in [-0.15, -0.1) is 0 Å². The Morgan fingerprint density at radius 1 is 1.23 bits per heavy atom. The maximum atomic E-state index is 12.3. The number of aromatic nitrogens is 2. The van der Waals surface area contributed by atoms with Gasteiger partial charge in [0.05, 0.1) is 6.20 Å². The number of hydrogen-bond donors (Lipinski definition) is 1. The smallest absolute Gasteiger partial charge is 0.375 e. The first-order valence-electron chi connectivity index (χ1n) is 8.09. The number of halogens is 1. The second-order valence-electron chi connectivity index (χ2n) is 6.08. The maximum absolute atomic E-state index is 12.3. The Bertz CT molecular complexity index is 960. The number of amides is 1. The number of hydrogen-bond acceptors (Lipinski definition) is 5. The minimum Gasteiger partial charge on any atom is -0.449 e. The van der Waals surface area contributed by atoms with E-state index in [2.05, 4.69) is 10.4 Å². The van der Waals surface area contributed by atoms with Crippen molar-refractivity contribution in [3.63, 3.8) is 0 Å². The van der Waals surface area contributed by atoms with Crippen LogP contribution in [0, 0.1) is 0 Å². The number of carbonyl (C=O) groups is 2. The minimum absolute atomic E-state index is 0.00846. The van der Waals surface area contributed by atoms with Crippen molar-refractivity contribution in [1.82, 2.24) is 9.78 Å². The van der Waals surface area contributed by atoms with Gasteiger partial charge < -0.3 is 14.5 Å². The lowest BCUT2D eigenvalue weighted by molar-refractivity contribution is -0.123. The standard InChI is InChI=1S/C18H18ClN3O4/c1-10(2)22-16(6-7-20-22)21-17(23)11(3)25-18(24)15-9-12-8-13(19)4-5-14(12)26-15/h4-11H,1-3H3,(H,21,23)/t11-/m1/s1. The highest BCUT2D eigenvalue weighted by atomic mass is 35.5. The number of nitrogens with one attached hydrogen (secondary N) is 1. The molecule has 0 saturated heterocycles. The van der Waals surface area contributed by atoms with E-state index >= 15 is 0 Å². The number of fused-ring (bicyclic) bond motifs is 1. The van der Waals surface area contributed by atoms with Crippen LogP contribution in [0.15, 0.2) is 40.9 Å². The summed E-state index contributed by atoms with van der Waals surface area (Å²) in [5.41, 5.74) is 0.513. The Morgan fingerprint density at radius 2 is 2.00 bits per heavy atom. The molecule has 1 amide bonds. The van der Waals surface area contributed by atoms with Crippen LogP contribution in [0.3, 0.4) is 0 Å². The van der Waals surface area contributed by atoms with Crippen LogP contribution in [-0.4, -0.2) is 27.8 Å². The van der Waals surface area contributed by atoms with Crippen LogP contribution in [0.4, 0.5) is 5.82 Å². The zero-order valence-corrected chi connectivity index (χ0v) is 15.3. The summed E-state index contributed by atoms with van der Waals surface area (Å²) in [4.78, 5) is 24.5. The molecule has 1 aromatic carbocycles. The summed E-state index contributed by atoms with van der Waals surface area (Å²) >= 11 is 5.92. The van der Waals surface area contributed by atoms with Gasteiger partial charge in [-0.25, -0.2) is 9.48 Å². The third kappa shape index (κ3) is 3.72. The molecule has 8 heteroatoms. The summed E-state index contributed by atoms with van der Waals surface area (Å²) < 4.78 is 12.3. The molecule has 0 fully saturated rings. The van der Waals surface area contributed by atoms with Gasteiger partial charge in [0.2, 0.25) is 5.76 Å². The van der Waals surface area contributed by atoms with Gasteiger partial charge >= 0.3 is 5.97 Å². The van der Waals surface area contributed by atoms with Crippen LogP contribution in [0.2, 0.25) is 5.02 Å². The van der Waals surface area contributed by atoms with Crippen molar-refractivity contribution in [3.05, 3.63) is 47.3 Å². The number of nitrogens with zero attached hydrogens (tertiary/aromatic N) is 2. The van der Waals surface area contributed by atoms with Crippen LogP contribution in [0.25, 0.3) is 11.0 Å². The molecule has 0 aliphatic rings. The lowest BCUT2D eigenvalue weighted by Crippen LogP contribution is -2.31. The normalized spacial score (nSPS) is 12.3. The zero-order chi connectivity index (χ0) is 18.8. The average Bonchev–Trinajstić information content (AvgIpc) is 3.20. The van der Waals surface area contributed by atoms with Gasteiger partial charge in [-0.2, -0.15) is 5.10 Å². The van der Waals surface area contributed by atoms with E-state index in [0.717, 1.165) is 0 Å². The van der Waals surface area contributed by atoms with E-state index in [4.69, 9.17) is 20.8 Å². The second-order valence-corrected chi connectivity index (χ2v) is 6.52. The van der Waals surface area contributed by atoms with Crippen LogP contribution in [0.1, 0.15) is 37.4 Å². The number of benzene rings is 1. The quantitative estimate of drug-likeness (QED) is 0.680. The molecule has 2 heterocycles. The molecular weight excluding hydrogens is 358 g/mol. The molecule has 0 unspecified atom stereocenters. The average molecular weight is 376 g/mol. The van der Waals surface area contributed by atoms with Gasteiger partial charge in [-0.3, -0.25) is 4.79 Å². The third-order valence-corrected chi connectivity index (χ3v) is 3.98. The molecule has 26 heavy (non-hydrogen) atoms. The Labute approximate surface area is 154 Å². The molecule has 2 aromatic heterocycles. The van der Waals surface area contributed by atoms with E-state index in [1.165, 1.54) is 13.0 Å². The first-order chi connectivity index (χ1) is 12.3. The predicted octanol–water partition coefficient (Wildman–Crippen LogP) is 4.05. The molecular formula is C18H18ClN3O4. The van der Waals surface area contributed by atoms with Crippen molar-refractivity contribution in [2.24, 2.45) is 0 Å². The number of ether oxygens (including phenoxy) is 1. The first-order valence-corrected chi connectivity index (χ1v) is 8.47. The maximum Gasteiger partial charge on any atom is 0.375 e. The van der Waals surface area contributed by atoms with E-state index < -0.39 is 18.0 Å². The van der Waals surface area contributed by atoms with Gasteiger partial charge in [-0.05, 0) is 45.0 Å². The van der Waals surface area contributed by atoms with Gasteiger partial charge in [0.1, 0.15) is 11.4 Å². The number of carbonyl (C=O) groups excluding carboxylic acids is 2. The fourth-order valence-corrected chi connectivity index (χ4v) is 2.62. The van der Waals surface area contributed by atoms with E-state index in [0.29, 0.717) is 21.8 Å². The molecule has 0 aliphatic heterocycles. The largest absolute Gasteiger partial charge is 0.449 e. The third-order valence-electron chi connectivity index (χ3n) is 3.74. The van der Waals surface area contributed by atoms with Gasteiger partial charge in [0.15, 0.2) is 6.10 Å². The van der Waals surface area contributed by atoms with E-state index in [9.17, 15) is 9.59 Å². The fraction of sp³-hybridized carbons (Fsp3) is 0.278. The van der Waals surface area contributed by atoms with Crippen molar-refractivity contribution in [1.29, 1.82) is 0 Å². The van der Waals surface area contributed by atoms with Crippen molar-refractivity contribution in [3.8, 4) is 0 Å². The highest BCUT2D eigenvalue weighted by molar-refractivity contribution is 6.31. The Morgan fingerprint density at radius 3 is 2.73 bits per heavy atom. The minimum atomic E-state index is -1.00. The van der Waals surface area contributed by atoms with Crippen molar-refractivity contribution < 1.29 is 18.7 Å².